The third kappa shape index (κ3) is 4.39. The normalized spacial score (nSPS) is 16.0. The molecule has 2 amide bonds. The highest BCUT2D eigenvalue weighted by Crippen LogP contribution is 2.38. The molecule has 150 valence electrons. The first-order valence-corrected chi connectivity index (χ1v) is 8.69. The molecule has 0 bridgehead atoms. The highest BCUT2D eigenvalue weighted by molar-refractivity contribution is 6.35. The summed E-state index contributed by atoms with van der Waals surface area (Å²) in [6.45, 7) is -0.410. The predicted octanol–water partition coefficient (Wildman–Crippen LogP) is 4.07. The van der Waals surface area contributed by atoms with Gasteiger partial charge >= 0.3 is 6.18 Å². The number of nitrogens with zero attached hydrogens (tertiary/aromatic N) is 1. The molecule has 0 aromatic heterocycles. The van der Waals surface area contributed by atoms with Crippen molar-refractivity contribution in [2.24, 2.45) is 0 Å². The second-order valence-corrected chi connectivity index (χ2v) is 6.80. The Hall–Kier alpha value is -2.96. The molecule has 1 aliphatic rings. The molecule has 0 spiro atoms. The van der Waals surface area contributed by atoms with Crippen molar-refractivity contribution in [3.05, 3.63) is 57.1 Å². The lowest BCUT2D eigenvalue weighted by molar-refractivity contribution is -0.137. The largest absolute Gasteiger partial charge is 0.482 e. The van der Waals surface area contributed by atoms with Crippen LogP contribution in [0.3, 0.4) is 0 Å². The molecule has 1 unspecified atom stereocenters. The van der Waals surface area contributed by atoms with Gasteiger partial charge in [-0.15, -0.1) is 0 Å². The first-order valence-electron chi connectivity index (χ1n) is 7.93. The fourth-order valence-corrected chi connectivity index (χ4v) is 3.30. The molecule has 0 fully saturated rings. The molecule has 0 saturated heterocycles. The van der Waals surface area contributed by atoms with Crippen LogP contribution in [0.2, 0.25) is 10.0 Å². The molecule has 3 rings (SSSR count). The SMILES string of the molecule is N#Cc1ccc(NC(=O)C2NC(=O)COc3c(Cl)cc(Cl)cc32)cc1C(F)(F)F. The summed E-state index contributed by atoms with van der Waals surface area (Å²) >= 11 is 12.0. The van der Waals surface area contributed by atoms with Crippen molar-refractivity contribution in [1.82, 2.24) is 5.32 Å². The summed E-state index contributed by atoms with van der Waals surface area (Å²) in [5.41, 5.74) is -1.85. The Morgan fingerprint density at radius 1 is 1.28 bits per heavy atom. The van der Waals surface area contributed by atoms with Crippen molar-refractivity contribution in [3.8, 4) is 11.8 Å². The zero-order chi connectivity index (χ0) is 21.3. The number of anilines is 1. The first-order chi connectivity index (χ1) is 13.6. The minimum atomic E-state index is -4.79. The van der Waals surface area contributed by atoms with Crippen LogP contribution in [0.5, 0.6) is 5.75 Å². The van der Waals surface area contributed by atoms with Gasteiger partial charge in [0, 0.05) is 16.3 Å². The molecule has 29 heavy (non-hydrogen) atoms. The highest BCUT2D eigenvalue weighted by Gasteiger charge is 2.35. The van der Waals surface area contributed by atoms with Gasteiger partial charge < -0.3 is 15.4 Å². The lowest BCUT2D eigenvalue weighted by atomic mass is 10.0. The Labute approximate surface area is 172 Å². The van der Waals surface area contributed by atoms with Gasteiger partial charge in [0.25, 0.3) is 11.8 Å². The Morgan fingerprint density at radius 3 is 2.66 bits per heavy atom. The molecule has 11 heteroatoms. The molecule has 1 atom stereocenters. The number of amides is 2. The van der Waals surface area contributed by atoms with Gasteiger partial charge in [-0.1, -0.05) is 23.2 Å². The van der Waals surface area contributed by atoms with E-state index in [-0.39, 0.29) is 27.0 Å². The van der Waals surface area contributed by atoms with E-state index in [1.54, 1.807) is 0 Å². The van der Waals surface area contributed by atoms with Gasteiger partial charge in [-0.3, -0.25) is 9.59 Å². The molecular weight excluding hydrogens is 434 g/mol. The summed E-state index contributed by atoms with van der Waals surface area (Å²) in [6, 6.07) is 5.58. The number of nitriles is 1. The van der Waals surface area contributed by atoms with Crippen LogP contribution in [0.25, 0.3) is 0 Å². The van der Waals surface area contributed by atoms with E-state index in [9.17, 15) is 22.8 Å². The Bertz CT molecular complexity index is 1050. The molecular formula is C18H10Cl2F3N3O3. The maximum atomic E-state index is 13.1. The number of hydrogen-bond acceptors (Lipinski definition) is 4. The Kier molecular flexibility index (Phi) is 5.59. The second-order valence-electron chi connectivity index (χ2n) is 5.95. The van der Waals surface area contributed by atoms with E-state index >= 15 is 0 Å². The zero-order valence-corrected chi connectivity index (χ0v) is 15.7. The molecule has 0 radical (unpaired) electrons. The average molecular weight is 444 g/mol. The van der Waals surface area contributed by atoms with Crippen molar-refractivity contribution in [3.63, 3.8) is 0 Å². The summed E-state index contributed by atoms with van der Waals surface area (Å²) in [6.07, 6.45) is -4.79. The van der Waals surface area contributed by atoms with Crippen LogP contribution >= 0.6 is 23.2 Å². The van der Waals surface area contributed by atoms with Gasteiger partial charge in [-0.25, -0.2) is 0 Å². The van der Waals surface area contributed by atoms with Crippen molar-refractivity contribution < 1.29 is 27.5 Å². The van der Waals surface area contributed by atoms with Crippen LogP contribution in [0.15, 0.2) is 30.3 Å². The first kappa shape index (κ1) is 20.8. The quantitative estimate of drug-likeness (QED) is 0.731. The van der Waals surface area contributed by atoms with E-state index in [2.05, 4.69) is 10.6 Å². The van der Waals surface area contributed by atoms with Crippen LogP contribution in [0.1, 0.15) is 22.7 Å². The number of carbonyl (C=O) groups is 2. The van der Waals surface area contributed by atoms with E-state index in [1.165, 1.54) is 18.2 Å². The summed E-state index contributed by atoms with van der Waals surface area (Å²) in [5, 5.41) is 13.8. The predicted molar refractivity (Wildman–Crippen MR) is 97.6 cm³/mol. The maximum absolute atomic E-state index is 13.1. The second kappa shape index (κ2) is 7.81. The lowest BCUT2D eigenvalue weighted by Gasteiger charge is -2.19. The van der Waals surface area contributed by atoms with Crippen LogP contribution in [0, 0.1) is 11.3 Å². The summed E-state index contributed by atoms with van der Waals surface area (Å²) in [5.74, 6) is -1.42. The monoisotopic (exact) mass is 443 g/mol. The van der Waals surface area contributed by atoms with Gasteiger partial charge in [0.15, 0.2) is 6.61 Å². The van der Waals surface area contributed by atoms with Crippen LogP contribution in [-0.2, 0) is 15.8 Å². The number of halogens is 5. The summed E-state index contributed by atoms with van der Waals surface area (Å²) < 4.78 is 44.7. The number of fused-ring (bicyclic) bond motifs is 1. The van der Waals surface area contributed by atoms with Crippen LogP contribution in [0.4, 0.5) is 18.9 Å². The Balaban J connectivity index is 1.97. The van der Waals surface area contributed by atoms with Crippen molar-refractivity contribution in [1.29, 1.82) is 5.26 Å². The van der Waals surface area contributed by atoms with E-state index in [1.807, 2.05) is 0 Å². The molecule has 2 aromatic carbocycles. The van der Waals surface area contributed by atoms with Crippen LogP contribution in [-0.4, -0.2) is 18.4 Å². The minimum Gasteiger partial charge on any atom is -0.482 e. The molecule has 6 nitrogen and oxygen atoms in total. The smallest absolute Gasteiger partial charge is 0.417 e. The van der Waals surface area contributed by atoms with Gasteiger partial charge in [-0.05, 0) is 30.3 Å². The highest BCUT2D eigenvalue weighted by atomic mass is 35.5. The molecule has 2 aromatic rings. The van der Waals surface area contributed by atoms with E-state index in [4.69, 9.17) is 33.2 Å². The fourth-order valence-electron chi connectivity index (χ4n) is 2.74. The number of rotatable bonds is 2. The minimum absolute atomic E-state index is 0.0605. The molecule has 0 aliphatic carbocycles. The van der Waals surface area contributed by atoms with Gasteiger partial charge in [-0.2, -0.15) is 18.4 Å². The average Bonchev–Trinajstić information content (AvgIpc) is 2.80. The molecule has 1 aliphatic heterocycles. The van der Waals surface area contributed by atoms with Crippen molar-refractivity contribution in [2.45, 2.75) is 12.2 Å². The molecule has 0 saturated carbocycles. The van der Waals surface area contributed by atoms with E-state index in [0.717, 1.165) is 12.1 Å². The number of benzene rings is 2. The summed E-state index contributed by atoms with van der Waals surface area (Å²) in [7, 11) is 0. The van der Waals surface area contributed by atoms with Gasteiger partial charge in [0.2, 0.25) is 0 Å². The van der Waals surface area contributed by atoms with Crippen molar-refractivity contribution in [2.75, 3.05) is 11.9 Å². The topological polar surface area (TPSA) is 91.2 Å². The van der Waals surface area contributed by atoms with Crippen LogP contribution < -0.4 is 15.4 Å². The maximum Gasteiger partial charge on any atom is 0.417 e. The number of ether oxygens (including phenoxy) is 1. The number of hydrogen-bond donors (Lipinski definition) is 2. The third-order valence-corrected chi connectivity index (χ3v) is 4.48. The fraction of sp³-hybridized carbons (Fsp3) is 0.167. The number of alkyl halides is 3. The summed E-state index contributed by atoms with van der Waals surface area (Å²) in [4.78, 5) is 24.7. The number of nitrogens with one attached hydrogen (secondary N) is 2. The Morgan fingerprint density at radius 2 is 2.00 bits per heavy atom. The lowest BCUT2D eigenvalue weighted by Crippen LogP contribution is -2.37. The zero-order valence-electron chi connectivity index (χ0n) is 14.2. The van der Waals surface area contributed by atoms with Gasteiger partial charge in [0.05, 0.1) is 22.2 Å². The standard InChI is InChI=1S/C18H10Cl2F3N3O3/c19-9-3-11-15(26-14(27)7-29-16(11)13(20)4-9)17(28)25-10-2-1-8(6-24)12(5-10)18(21,22)23/h1-5,15H,7H2,(H,25,28)(H,26,27). The van der Waals surface area contributed by atoms with E-state index < -0.39 is 41.8 Å². The van der Waals surface area contributed by atoms with E-state index in [0.29, 0.717) is 6.07 Å². The van der Waals surface area contributed by atoms with Gasteiger partial charge in [0.1, 0.15) is 11.8 Å². The van der Waals surface area contributed by atoms with Crippen molar-refractivity contribution >= 4 is 40.7 Å². The number of carbonyl (C=O) groups excluding carboxylic acids is 2. The third-order valence-electron chi connectivity index (χ3n) is 3.98. The molecule has 2 N–H and O–H groups in total. The molecule has 1 heterocycles.